The molecule has 0 aliphatic carbocycles. The Balaban J connectivity index is 2.26. The van der Waals surface area contributed by atoms with Gasteiger partial charge in [0.15, 0.2) is 0 Å². The molecule has 6 heteroatoms. The van der Waals surface area contributed by atoms with Crippen LogP contribution in [-0.4, -0.2) is 32.1 Å². The molecule has 0 unspecified atom stereocenters. The molecule has 1 aromatic carbocycles. The molecule has 0 saturated carbocycles. The minimum absolute atomic E-state index is 0.0734. The van der Waals surface area contributed by atoms with Gasteiger partial charge < -0.3 is 10.8 Å². The predicted octanol–water partition coefficient (Wildman–Crippen LogP) is -0.157. The number of carboxylic acids is 1. The Kier molecular flexibility index (Phi) is 2.34. The van der Waals surface area contributed by atoms with Crippen molar-refractivity contribution >= 4 is 17.0 Å². The van der Waals surface area contributed by atoms with Gasteiger partial charge in [0.05, 0.1) is 6.54 Å². The Morgan fingerprint density at radius 1 is 1.40 bits per heavy atom. The van der Waals surface area contributed by atoms with Crippen molar-refractivity contribution in [2.45, 2.75) is 12.6 Å². The number of fused-ring (bicyclic) bond motifs is 1. The van der Waals surface area contributed by atoms with Crippen LogP contribution in [0.5, 0.6) is 0 Å². The number of hydrogen-bond donors (Lipinski definition) is 2. The predicted molar refractivity (Wildman–Crippen MR) is 53.1 cm³/mol. The molecule has 0 amide bonds. The summed E-state index contributed by atoms with van der Waals surface area (Å²) in [6.45, 7) is 0.0734. The molecule has 3 N–H and O–H groups in total. The normalized spacial score (nSPS) is 12.9. The van der Waals surface area contributed by atoms with E-state index in [9.17, 15) is 4.79 Å². The first-order valence-corrected chi connectivity index (χ1v) is 4.45. The van der Waals surface area contributed by atoms with Crippen molar-refractivity contribution in [1.82, 2.24) is 15.0 Å². The Labute approximate surface area is 85.3 Å². The quantitative estimate of drug-likeness (QED) is 0.727. The number of carbonyl (C=O) groups is 1. The van der Waals surface area contributed by atoms with E-state index in [0.717, 1.165) is 11.0 Å². The highest BCUT2D eigenvalue weighted by Crippen LogP contribution is 2.06. The van der Waals surface area contributed by atoms with Gasteiger partial charge in [-0.3, -0.25) is 4.79 Å². The van der Waals surface area contributed by atoms with Crippen LogP contribution in [0.2, 0.25) is 0 Å². The molecule has 0 bridgehead atoms. The lowest BCUT2D eigenvalue weighted by molar-refractivity contribution is -0.138. The van der Waals surface area contributed by atoms with Crippen molar-refractivity contribution in [3.05, 3.63) is 24.3 Å². The number of aliphatic carboxylic acids is 1. The lowest BCUT2D eigenvalue weighted by atomic mass is 10.3. The van der Waals surface area contributed by atoms with Crippen LogP contribution in [-0.2, 0) is 11.3 Å². The molecule has 1 heterocycles. The lowest BCUT2D eigenvalue weighted by Gasteiger charge is -2.03. The minimum atomic E-state index is -1.06. The van der Waals surface area contributed by atoms with E-state index in [2.05, 4.69) is 10.2 Å². The zero-order valence-corrected chi connectivity index (χ0v) is 7.87. The van der Waals surface area contributed by atoms with Gasteiger partial charge in [0.25, 0.3) is 0 Å². The molecule has 2 rings (SSSR count). The maximum Gasteiger partial charge on any atom is 0.322 e. The van der Waals surface area contributed by atoms with Gasteiger partial charge in [-0.2, -0.15) is 15.0 Å². The second kappa shape index (κ2) is 3.66. The molecule has 0 fully saturated rings. The second-order valence-corrected chi connectivity index (χ2v) is 3.19. The molecule has 0 aliphatic heterocycles. The monoisotopic (exact) mass is 206 g/mol. The fourth-order valence-electron chi connectivity index (χ4n) is 1.24. The van der Waals surface area contributed by atoms with Gasteiger partial charge in [-0.1, -0.05) is 12.1 Å². The number of benzene rings is 1. The Hall–Kier alpha value is -1.95. The zero-order chi connectivity index (χ0) is 10.8. The van der Waals surface area contributed by atoms with E-state index >= 15 is 0 Å². The minimum Gasteiger partial charge on any atom is -0.480 e. The first-order chi connectivity index (χ1) is 7.16. The first-order valence-electron chi connectivity index (χ1n) is 4.45. The Bertz CT molecular complexity index is 461. The van der Waals surface area contributed by atoms with Gasteiger partial charge in [0.1, 0.15) is 17.1 Å². The van der Waals surface area contributed by atoms with Crippen LogP contribution in [0.4, 0.5) is 0 Å². The van der Waals surface area contributed by atoms with Gasteiger partial charge in [-0.15, -0.1) is 0 Å². The van der Waals surface area contributed by atoms with Crippen molar-refractivity contribution in [3.8, 4) is 0 Å². The number of carboxylic acid groups (broad SMARTS) is 1. The van der Waals surface area contributed by atoms with Crippen LogP contribution in [0.3, 0.4) is 0 Å². The molecule has 0 aliphatic rings. The third-order valence-electron chi connectivity index (χ3n) is 2.01. The highest BCUT2D eigenvalue weighted by atomic mass is 16.4. The maximum atomic E-state index is 10.5. The summed E-state index contributed by atoms with van der Waals surface area (Å²) in [6.07, 6.45) is 0. The number of nitrogens with zero attached hydrogens (tertiary/aromatic N) is 3. The maximum absolute atomic E-state index is 10.5. The first kappa shape index (κ1) is 9.60. The van der Waals surface area contributed by atoms with Gasteiger partial charge >= 0.3 is 5.97 Å². The van der Waals surface area contributed by atoms with Crippen molar-refractivity contribution in [2.75, 3.05) is 0 Å². The number of rotatable bonds is 3. The van der Waals surface area contributed by atoms with Gasteiger partial charge in [0.2, 0.25) is 0 Å². The van der Waals surface area contributed by atoms with E-state index in [-0.39, 0.29) is 6.54 Å². The number of hydrogen-bond acceptors (Lipinski definition) is 4. The molecule has 6 nitrogen and oxygen atoms in total. The molecular weight excluding hydrogens is 196 g/mol. The second-order valence-electron chi connectivity index (χ2n) is 3.19. The van der Waals surface area contributed by atoms with Crippen LogP contribution >= 0.6 is 0 Å². The van der Waals surface area contributed by atoms with Crippen molar-refractivity contribution in [3.63, 3.8) is 0 Å². The summed E-state index contributed by atoms with van der Waals surface area (Å²) in [5.41, 5.74) is 6.83. The summed E-state index contributed by atoms with van der Waals surface area (Å²) < 4.78 is 0. The smallest absolute Gasteiger partial charge is 0.322 e. The highest BCUT2D eigenvalue weighted by molar-refractivity contribution is 5.74. The van der Waals surface area contributed by atoms with Crippen LogP contribution in [0.1, 0.15) is 0 Å². The summed E-state index contributed by atoms with van der Waals surface area (Å²) in [6, 6.07) is 6.33. The van der Waals surface area contributed by atoms with E-state index < -0.39 is 12.0 Å². The standard InChI is InChI=1S/C9H10N4O2/c10-6(9(14)15)5-13-11-7-3-1-2-4-8(7)12-13/h1-4,6H,5,10H2,(H,14,15)/t6-/m0/s1. The average Bonchev–Trinajstić information content (AvgIpc) is 2.59. The van der Waals surface area contributed by atoms with E-state index in [4.69, 9.17) is 10.8 Å². The van der Waals surface area contributed by atoms with E-state index in [1.807, 2.05) is 24.3 Å². The summed E-state index contributed by atoms with van der Waals surface area (Å²) >= 11 is 0. The third-order valence-corrected chi connectivity index (χ3v) is 2.01. The van der Waals surface area contributed by atoms with Crippen LogP contribution in [0.25, 0.3) is 11.0 Å². The lowest BCUT2D eigenvalue weighted by Crippen LogP contribution is -2.35. The van der Waals surface area contributed by atoms with Crippen LogP contribution in [0, 0.1) is 0 Å². The molecule has 1 atom stereocenters. The van der Waals surface area contributed by atoms with E-state index in [1.165, 1.54) is 4.80 Å². The highest BCUT2D eigenvalue weighted by Gasteiger charge is 2.13. The van der Waals surface area contributed by atoms with Gasteiger partial charge in [-0.05, 0) is 12.1 Å². The fourth-order valence-corrected chi connectivity index (χ4v) is 1.24. The van der Waals surface area contributed by atoms with E-state index in [0.29, 0.717) is 0 Å². The van der Waals surface area contributed by atoms with Crippen LogP contribution in [0.15, 0.2) is 24.3 Å². The van der Waals surface area contributed by atoms with Gasteiger partial charge in [0, 0.05) is 0 Å². The van der Waals surface area contributed by atoms with E-state index in [1.54, 1.807) is 0 Å². The zero-order valence-electron chi connectivity index (χ0n) is 7.87. The molecule has 1 aromatic heterocycles. The fraction of sp³-hybridized carbons (Fsp3) is 0.222. The summed E-state index contributed by atoms with van der Waals surface area (Å²) in [7, 11) is 0. The largest absolute Gasteiger partial charge is 0.480 e. The Morgan fingerprint density at radius 3 is 2.40 bits per heavy atom. The molecule has 15 heavy (non-hydrogen) atoms. The van der Waals surface area contributed by atoms with Crippen molar-refractivity contribution in [1.29, 1.82) is 0 Å². The number of nitrogens with two attached hydrogens (primary N) is 1. The molecular formula is C9H10N4O2. The summed E-state index contributed by atoms with van der Waals surface area (Å²) in [4.78, 5) is 11.8. The summed E-state index contributed by atoms with van der Waals surface area (Å²) in [5, 5.41) is 16.8. The molecule has 0 saturated heterocycles. The van der Waals surface area contributed by atoms with Crippen molar-refractivity contribution in [2.24, 2.45) is 5.73 Å². The summed E-state index contributed by atoms with van der Waals surface area (Å²) in [5.74, 6) is -1.06. The molecule has 78 valence electrons. The van der Waals surface area contributed by atoms with Crippen molar-refractivity contribution < 1.29 is 9.90 Å². The molecule has 2 aromatic rings. The Morgan fingerprint density at radius 2 is 1.93 bits per heavy atom. The SMILES string of the molecule is N[C@@H](Cn1nc2ccccc2n1)C(=O)O. The van der Waals surface area contributed by atoms with Gasteiger partial charge in [-0.25, -0.2) is 0 Å². The molecule has 0 spiro atoms. The topological polar surface area (TPSA) is 94.0 Å². The molecule has 0 radical (unpaired) electrons. The van der Waals surface area contributed by atoms with Crippen LogP contribution < -0.4 is 5.73 Å². The third kappa shape index (κ3) is 1.94. The average molecular weight is 206 g/mol. The number of aromatic nitrogens is 3.